The van der Waals surface area contributed by atoms with E-state index >= 15 is 0 Å². The van der Waals surface area contributed by atoms with E-state index in [2.05, 4.69) is 5.32 Å². The Hall–Kier alpha value is -1.14. The molecule has 0 fully saturated rings. The minimum absolute atomic E-state index is 0.156. The van der Waals surface area contributed by atoms with Gasteiger partial charge in [-0.05, 0) is 45.2 Å². The summed E-state index contributed by atoms with van der Waals surface area (Å²) in [6.45, 7) is 1.34. The molecular weight excluding hydrogens is 306 g/mol. The molecule has 6 N–H and O–H groups in total. The van der Waals surface area contributed by atoms with E-state index in [1.54, 1.807) is 0 Å². The number of carbonyl (C=O) groups excluding carboxylic acids is 1. The molecule has 0 bridgehead atoms. The summed E-state index contributed by atoms with van der Waals surface area (Å²) >= 11 is 0. The van der Waals surface area contributed by atoms with Crippen LogP contribution in [-0.4, -0.2) is 36.1 Å². The van der Waals surface area contributed by atoms with E-state index in [9.17, 15) is 9.59 Å². The Bertz CT molecular complexity index is 325. The van der Waals surface area contributed by atoms with Crippen molar-refractivity contribution in [3.63, 3.8) is 0 Å². The topological polar surface area (TPSA) is 118 Å². The predicted molar refractivity (Wildman–Crippen MR) is 97.7 cm³/mol. The van der Waals surface area contributed by atoms with Crippen molar-refractivity contribution in [1.82, 2.24) is 5.32 Å². The summed E-state index contributed by atoms with van der Waals surface area (Å²) in [5, 5.41) is 11.7. The highest BCUT2D eigenvalue weighted by Gasteiger charge is 2.18. The summed E-state index contributed by atoms with van der Waals surface area (Å²) < 4.78 is 0. The van der Waals surface area contributed by atoms with Gasteiger partial charge < -0.3 is 21.9 Å². The highest BCUT2D eigenvalue weighted by atomic mass is 16.4. The molecule has 0 rings (SSSR count). The molecule has 6 heteroatoms. The third-order valence-corrected chi connectivity index (χ3v) is 4.19. The van der Waals surface area contributed by atoms with Gasteiger partial charge in [-0.15, -0.1) is 0 Å². The molecule has 0 aliphatic heterocycles. The molecule has 1 amide bonds. The summed E-state index contributed by atoms with van der Waals surface area (Å²) in [6.07, 6.45) is 12.7. The van der Waals surface area contributed by atoms with E-state index in [0.717, 1.165) is 45.1 Å². The molecule has 0 heterocycles. The van der Waals surface area contributed by atoms with Gasteiger partial charge in [0.1, 0.15) is 6.04 Å². The van der Waals surface area contributed by atoms with Crippen LogP contribution in [0.2, 0.25) is 0 Å². The molecule has 0 unspecified atom stereocenters. The lowest BCUT2D eigenvalue weighted by atomic mass is 10.1. The largest absolute Gasteiger partial charge is 0.480 e. The Balaban J connectivity index is 3.57. The highest BCUT2D eigenvalue weighted by Crippen LogP contribution is 2.10. The zero-order valence-electron chi connectivity index (χ0n) is 15.1. The summed E-state index contributed by atoms with van der Waals surface area (Å²) in [5.74, 6) is -1.12. The average Bonchev–Trinajstić information content (AvgIpc) is 2.55. The number of nitrogens with two attached hydrogens (primary N) is 2. The summed E-state index contributed by atoms with van der Waals surface area (Å²) in [6, 6.07) is -0.780. The van der Waals surface area contributed by atoms with Crippen LogP contribution in [0.3, 0.4) is 0 Å². The summed E-state index contributed by atoms with van der Waals surface area (Å²) in [4.78, 5) is 22.9. The number of carboxylic acids is 1. The first-order valence-corrected chi connectivity index (χ1v) is 9.54. The molecule has 142 valence electrons. The number of hydrogen-bond donors (Lipinski definition) is 4. The van der Waals surface area contributed by atoms with Crippen molar-refractivity contribution in [3.8, 4) is 0 Å². The Morgan fingerprint density at radius 3 is 1.71 bits per heavy atom. The first-order valence-electron chi connectivity index (χ1n) is 9.54. The van der Waals surface area contributed by atoms with E-state index in [-0.39, 0.29) is 5.91 Å². The molecule has 0 saturated heterocycles. The van der Waals surface area contributed by atoms with Crippen LogP contribution in [0.25, 0.3) is 0 Å². The highest BCUT2D eigenvalue weighted by molar-refractivity contribution is 5.83. The van der Waals surface area contributed by atoms with Gasteiger partial charge >= 0.3 is 5.97 Å². The molecule has 0 radical (unpaired) electrons. The fourth-order valence-electron chi connectivity index (χ4n) is 2.68. The third-order valence-electron chi connectivity index (χ3n) is 4.19. The van der Waals surface area contributed by atoms with Crippen LogP contribution >= 0.6 is 0 Å². The normalized spacial score (nSPS) is 12.1. The van der Waals surface area contributed by atoms with Gasteiger partial charge in [-0.25, -0.2) is 4.79 Å². The van der Waals surface area contributed by atoms with Crippen LogP contribution in [0.15, 0.2) is 0 Å². The predicted octanol–water partition coefficient (Wildman–Crippen LogP) is 2.54. The third kappa shape index (κ3) is 14.5. The van der Waals surface area contributed by atoms with Crippen molar-refractivity contribution in [2.45, 2.75) is 89.5 Å². The van der Waals surface area contributed by atoms with Gasteiger partial charge in [0.05, 0.1) is 0 Å². The monoisotopic (exact) mass is 343 g/mol. The molecule has 0 aliphatic rings. The van der Waals surface area contributed by atoms with Crippen LogP contribution in [0.5, 0.6) is 0 Å². The van der Waals surface area contributed by atoms with Gasteiger partial charge in [-0.1, -0.05) is 44.9 Å². The number of nitrogens with one attached hydrogen (secondary N) is 1. The minimum atomic E-state index is -0.963. The van der Waals surface area contributed by atoms with Crippen molar-refractivity contribution in [2.24, 2.45) is 11.5 Å². The van der Waals surface area contributed by atoms with Crippen molar-refractivity contribution < 1.29 is 14.7 Å². The standard InChI is InChI=1S/C18H37N3O3/c19-14-10-7-5-3-1-2-4-6-8-13-17(22)21-16(18(23)24)12-9-11-15-20/h16H,1-15,19-20H2,(H,21,22)(H,23,24)/t16-/m0/s1. The van der Waals surface area contributed by atoms with E-state index in [0.29, 0.717) is 19.4 Å². The molecule has 6 nitrogen and oxygen atoms in total. The number of unbranched alkanes of at least 4 members (excludes halogenated alkanes) is 9. The maximum Gasteiger partial charge on any atom is 0.326 e. The van der Waals surface area contributed by atoms with E-state index in [1.807, 2.05) is 0 Å². The molecule has 0 aromatic heterocycles. The van der Waals surface area contributed by atoms with Crippen LogP contribution in [0.1, 0.15) is 83.5 Å². The molecular formula is C18H37N3O3. The minimum Gasteiger partial charge on any atom is -0.480 e. The second-order valence-electron chi connectivity index (χ2n) is 6.46. The lowest BCUT2D eigenvalue weighted by Gasteiger charge is -2.14. The van der Waals surface area contributed by atoms with Gasteiger partial charge in [0.2, 0.25) is 5.91 Å². The smallest absolute Gasteiger partial charge is 0.326 e. The molecule has 0 aromatic rings. The van der Waals surface area contributed by atoms with Crippen LogP contribution < -0.4 is 16.8 Å². The quantitative estimate of drug-likeness (QED) is 0.303. The van der Waals surface area contributed by atoms with Gasteiger partial charge in [0.15, 0.2) is 0 Å². The summed E-state index contributed by atoms with van der Waals surface area (Å²) in [7, 11) is 0. The maximum atomic E-state index is 11.8. The Morgan fingerprint density at radius 2 is 1.21 bits per heavy atom. The van der Waals surface area contributed by atoms with Crippen LogP contribution in [0.4, 0.5) is 0 Å². The van der Waals surface area contributed by atoms with E-state index < -0.39 is 12.0 Å². The number of hydrogen-bond acceptors (Lipinski definition) is 4. The second kappa shape index (κ2) is 16.7. The van der Waals surface area contributed by atoms with Gasteiger partial charge in [-0.3, -0.25) is 4.79 Å². The van der Waals surface area contributed by atoms with E-state index in [4.69, 9.17) is 16.6 Å². The zero-order valence-corrected chi connectivity index (χ0v) is 15.1. The first kappa shape index (κ1) is 22.9. The van der Waals surface area contributed by atoms with Crippen LogP contribution in [-0.2, 0) is 9.59 Å². The number of carbonyl (C=O) groups is 2. The lowest BCUT2D eigenvalue weighted by molar-refractivity contribution is -0.142. The molecule has 0 spiro atoms. The van der Waals surface area contributed by atoms with E-state index in [1.165, 1.54) is 32.1 Å². The van der Waals surface area contributed by atoms with Gasteiger partial charge in [0.25, 0.3) is 0 Å². The van der Waals surface area contributed by atoms with Crippen LogP contribution in [0, 0.1) is 0 Å². The fourth-order valence-corrected chi connectivity index (χ4v) is 2.68. The Morgan fingerprint density at radius 1 is 0.750 bits per heavy atom. The first-order chi connectivity index (χ1) is 11.6. The van der Waals surface area contributed by atoms with Crippen molar-refractivity contribution >= 4 is 11.9 Å². The second-order valence-corrected chi connectivity index (χ2v) is 6.46. The molecule has 0 saturated carbocycles. The molecule has 1 atom stereocenters. The fraction of sp³-hybridized carbons (Fsp3) is 0.889. The van der Waals surface area contributed by atoms with Gasteiger partial charge in [0, 0.05) is 6.42 Å². The number of aliphatic carboxylic acids is 1. The summed E-state index contributed by atoms with van der Waals surface area (Å²) in [5.41, 5.74) is 10.9. The molecule has 0 aromatic carbocycles. The number of carboxylic acid groups (broad SMARTS) is 1. The molecule has 0 aliphatic carbocycles. The zero-order chi connectivity index (χ0) is 18.0. The number of rotatable bonds is 17. The van der Waals surface area contributed by atoms with Crippen molar-refractivity contribution in [1.29, 1.82) is 0 Å². The Kier molecular flexibility index (Phi) is 15.9. The maximum absolute atomic E-state index is 11.8. The SMILES string of the molecule is NCCCCCCCCCCCC(=O)N[C@@H](CCCCN)C(=O)O. The lowest BCUT2D eigenvalue weighted by Crippen LogP contribution is -2.40. The van der Waals surface area contributed by atoms with Gasteiger partial charge in [-0.2, -0.15) is 0 Å². The van der Waals surface area contributed by atoms with Crippen molar-refractivity contribution in [2.75, 3.05) is 13.1 Å². The average molecular weight is 344 g/mol. The molecule has 24 heavy (non-hydrogen) atoms. The van der Waals surface area contributed by atoms with Crippen molar-refractivity contribution in [3.05, 3.63) is 0 Å². The number of amides is 1. The Labute approximate surface area is 146 Å².